The van der Waals surface area contributed by atoms with E-state index in [4.69, 9.17) is 9.52 Å². The Kier molecular flexibility index (Phi) is 3.80. The molecule has 4 rings (SSSR count). The number of carboxylic acids is 1. The fourth-order valence-corrected chi connectivity index (χ4v) is 3.02. The summed E-state index contributed by atoms with van der Waals surface area (Å²) in [4.78, 5) is 15.8. The maximum Gasteiger partial charge on any atom is 0.356 e. The van der Waals surface area contributed by atoms with Gasteiger partial charge in [0.15, 0.2) is 11.3 Å². The van der Waals surface area contributed by atoms with Crippen LogP contribution in [0.25, 0.3) is 22.6 Å². The zero-order chi connectivity index (χ0) is 18.3. The van der Waals surface area contributed by atoms with Crippen LogP contribution < -0.4 is 0 Å². The lowest BCUT2D eigenvalue weighted by Crippen LogP contribution is -2.06. The second-order valence-electron chi connectivity index (χ2n) is 6.29. The van der Waals surface area contributed by atoms with Crippen molar-refractivity contribution in [3.63, 3.8) is 0 Å². The number of aromatic carboxylic acids is 1. The molecule has 2 aromatic carbocycles. The Hall–Kier alpha value is -3.41. The van der Waals surface area contributed by atoms with E-state index < -0.39 is 5.97 Å². The Morgan fingerprint density at radius 2 is 1.92 bits per heavy atom. The Morgan fingerprint density at radius 1 is 1.15 bits per heavy atom. The number of nitrogens with zero attached hydrogens (tertiary/aromatic N) is 3. The molecule has 2 heterocycles. The molecule has 0 spiro atoms. The quantitative estimate of drug-likeness (QED) is 0.602. The molecule has 26 heavy (non-hydrogen) atoms. The molecule has 1 N–H and O–H groups in total. The summed E-state index contributed by atoms with van der Waals surface area (Å²) in [6.45, 7) is 4.25. The highest BCUT2D eigenvalue weighted by Gasteiger charge is 2.16. The van der Waals surface area contributed by atoms with Crippen LogP contribution in [-0.2, 0) is 6.54 Å². The summed E-state index contributed by atoms with van der Waals surface area (Å²) < 4.78 is 7.71. The van der Waals surface area contributed by atoms with Gasteiger partial charge in [-0.05, 0) is 43.7 Å². The smallest absolute Gasteiger partial charge is 0.356 e. The molecular formula is C20H17N3O3. The summed E-state index contributed by atoms with van der Waals surface area (Å²) in [5, 5.41) is 13.3. The van der Waals surface area contributed by atoms with Crippen molar-refractivity contribution in [3.05, 3.63) is 71.0 Å². The van der Waals surface area contributed by atoms with Crippen molar-refractivity contribution in [2.24, 2.45) is 0 Å². The van der Waals surface area contributed by atoms with Crippen LogP contribution in [0.5, 0.6) is 0 Å². The van der Waals surface area contributed by atoms with E-state index in [1.165, 1.54) is 0 Å². The molecule has 0 unspecified atom stereocenters. The van der Waals surface area contributed by atoms with Gasteiger partial charge in [-0.2, -0.15) is 5.10 Å². The summed E-state index contributed by atoms with van der Waals surface area (Å²) in [6.07, 6.45) is 0. The predicted molar refractivity (Wildman–Crippen MR) is 97.2 cm³/mol. The maximum absolute atomic E-state index is 11.1. The SMILES string of the molecule is Cc1cc(Cn2nc(C(=O)O)cc2C)c2oc(-c3ccccc3)nc2c1. The van der Waals surface area contributed by atoms with Crippen molar-refractivity contribution in [2.75, 3.05) is 0 Å². The normalized spacial score (nSPS) is 11.2. The van der Waals surface area contributed by atoms with E-state index >= 15 is 0 Å². The molecule has 0 bridgehead atoms. The van der Waals surface area contributed by atoms with Gasteiger partial charge in [0.1, 0.15) is 5.52 Å². The number of aromatic nitrogens is 3. The van der Waals surface area contributed by atoms with Gasteiger partial charge >= 0.3 is 5.97 Å². The van der Waals surface area contributed by atoms with E-state index in [1.54, 1.807) is 10.7 Å². The number of hydrogen-bond acceptors (Lipinski definition) is 4. The number of fused-ring (bicyclic) bond motifs is 1. The van der Waals surface area contributed by atoms with Crippen molar-refractivity contribution in [1.82, 2.24) is 14.8 Å². The number of aryl methyl sites for hydroxylation is 2. The number of benzene rings is 2. The summed E-state index contributed by atoms with van der Waals surface area (Å²) in [5.41, 5.74) is 5.18. The first-order valence-corrected chi connectivity index (χ1v) is 8.24. The van der Waals surface area contributed by atoms with Gasteiger partial charge < -0.3 is 9.52 Å². The molecule has 0 saturated carbocycles. The molecule has 0 radical (unpaired) electrons. The van der Waals surface area contributed by atoms with E-state index in [0.717, 1.165) is 27.9 Å². The molecule has 0 atom stereocenters. The molecule has 0 amide bonds. The van der Waals surface area contributed by atoms with Crippen LogP contribution in [0.4, 0.5) is 0 Å². The number of carboxylic acid groups (broad SMARTS) is 1. The van der Waals surface area contributed by atoms with Gasteiger partial charge in [-0.15, -0.1) is 0 Å². The molecule has 0 aliphatic rings. The zero-order valence-electron chi connectivity index (χ0n) is 14.4. The van der Waals surface area contributed by atoms with Gasteiger partial charge in [-0.1, -0.05) is 24.3 Å². The highest BCUT2D eigenvalue weighted by molar-refractivity contribution is 5.85. The average Bonchev–Trinajstić information content (AvgIpc) is 3.20. The minimum atomic E-state index is -1.03. The molecular weight excluding hydrogens is 330 g/mol. The number of carbonyl (C=O) groups is 1. The molecule has 2 aromatic heterocycles. The van der Waals surface area contributed by atoms with Crippen molar-refractivity contribution in [1.29, 1.82) is 0 Å². The van der Waals surface area contributed by atoms with Gasteiger partial charge in [0.2, 0.25) is 5.89 Å². The van der Waals surface area contributed by atoms with Crippen LogP contribution in [0.15, 0.2) is 52.9 Å². The molecule has 4 aromatic rings. The molecule has 0 aliphatic carbocycles. The molecule has 0 aliphatic heterocycles. The highest BCUT2D eigenvalue weighted by atomic mass is 16.4. The largest absolute Gasteiger partial charge is 0.476 e. The number of oxazole rings is 1. The van der Waals surface area contributed by atoms with E-state index in [9.17, 15) is 4.79 Å². The van der Waals surface area contributed by atoms with E-state index in [2.05, 4.69) is 10.1 Å². The highest BCUT2D eigenvalue weighted by Crippen LogP contribution is 2.28. The minimum Gasteiger partial charge on any atom is -0.476 e. The number of rotatable bonds is 4. The summed E-state index contributed by atoms with van der Waals surface area (Å²) >= 11 is 0. The first-order chi connectivity index (χ1) is 12.5. The van der Waals surface area contributed by atoms with E-state index in [1.807, 2.05) is 56.3 Å². The summed E-state index contributed by atoms with van der Waals surface area (Å²) in [5.74, 6) is -0.469. The average molecular weight is 347 g/mol. The van der Waals surface area contributed by atoms with Crippen molar-refractivity contribution >= 4 is 17.1 Å². The maximum atomic E-state index is 11.1. The Morgan fingerprint density at radius 3 is 2.62 bits per heavy atom. The predicted octanol–water partition coefficient (Wildman–Crippen LogP) is 4.05. The third-order valence-corrected chi connectivity index (χ3v) is 4.25. The second-order valence-corrected chi connectivity index (χ2v) is 6.29. The first-order valence-electron chi connectivity index (χ1n) is 8.24. The lowest BCUT2D eigenvalue weighted by atomic mass is 10.1. The Labute approximate surface area is 149 Å². The number of hydrogen-bond donors (Lipinski definition) is 1. The van der Waals surface area contributed by atoms with Gasteiger partial charge in [0, 0.05) is 16.8 Å². The molecule has 6 nitrogen and oxygen atoms in total. The van der Waals surface area contributed by atoms with Crippen LogP contribution >= 0.6 is 0 Å². The van der Waals surface area contributed by atoms with E-state index in [-0.39, 0.29) is 5.69 Å². The van der Waals surface area contributed by atoms with Gasteiger partial charge in [-0.3, -0.25) is 4.68 Å². The second kappa shape index (κ2) is 6.15. The Bertz CT molecular complexity index is 1110. The molecule has 6 heteroatoms. The first kappa shape index (κ1) is 16.1. The summed E-state index contributed by atoms with van der Waals surface area (Å²) in [7, 11) is 0. The van der Waals surface area contributed by atoms with Crippen LogP contribution in [-0.4, -0.2) is 25.8 Å². The van der Waals surface area contributed by atoms with Gasteiger partial charge in [-0.25, -0.2) is 9.78 Å². The van der Waals surface area contributed by atoms with Crippen LogP contribution in [0, 0.1) is 13.8 Å². The fraction of sp³-hybridized carbons (Fsp3) is 0.150. The van der Waals surface area contributed by atoms with Crippen LogP contribution in [0.1, 0.15) is 27.3 Å². The minimum absolute atomic E-state index is 0.0361. The topological polar surface area (TPSA) is 81.2 Å². The van der Waals surface area contributed by atoms with E-state index in [0.29, 0.717) is 18.0 Å². The van der Waals surface area contributed by atoms with Crippen LogP contribution in [0.2, 0.25) is 0 Å². The Balaban J connectivity index is 1.80. The zero-order valence-corrected chi connectivity index (χ0v) is 14.4. The summed E-state index contributed by atoms with van der Waals surface area (Å²) in [6, 6.07) is 15.3. The van der Waals surface area contributed by atoms with Crippen molar-refractivity contribution in [3.8, 4) is 11.5 Å². The van der Waals surface area contributed by atoms with Gasteiger partial charge in [0.05, 0.1) is 6.54 Å². The lowest BCUT2D eigenvalue weighted by molar-refractivity contribution is 0.0689. The molecule has 0 saturated heterocycles. The third kappa shape index (κ3) is 2.86. The third-order valence-electron chi connectivity index (χ3n) is 4.25. The molecule has 130 valence electrons. The fourth-order valence-electron chi connectivity index (χ4n) is 3.02. The standard InChI is InChI=1S/C20H17N3O3/c1-12-8-15(11-23-13(2)10-17(22-23)20(24)25)18-16(9-12)21-19(26-18)14-6-4-3-5-7-14/h3-10H,11H2,1-2H3,(H,24,25). The molecule has 0 fully saturated rings. The lowest BCUT2D eigenvalue weighted by Gasteiger charge is -2.06. The van der Waals surface area contributed by atoms with Crippen molar-refractivity contribution in [2.45, 2.75) is 20.4 Å². The van der Waals surface area contributed by atoms with Gasteiger partial charge in [0.25, 0.3) is 0 Å². The monoisotopic (exact) mass is 347 g/mol. The van der Waals surface area contributed by atoms with Crippen molar-refractivity contribution < 1.29 is 14.3 Å². The van der Waals surface area contributed by atoms with Crippen LogP contribution in [0.3, 0.4) is 0 Å².